The summed E-state index contributed by atoms with van der Waals surface area (Å²) in [5, 5.41) is 20.1. The summed E-state index contributed by atoms with van der Waals surface area (Å²) in [6.45, 7) is -0.253. The van der Waals surface area contributed by atoms with Gasteiger partial charge in [0, 0.05) is 29.0 Å². The summed E-state index contributed by atoms with van der Waals surface area (Å²) in [6.07, 6.45) is 0.420. The fraction of sp³-hybridized carbons (Fsp3) is 0.250. The number of fused-ring (bicyclic) bond motifs is 3. The molecule has 0 saturated carbocycles. The van der Waals surface area contributed by atoms with E-state index < -0.39 is 18.7 Å². The smallest absolute Gasteiger partial charge is 0.357 e. The zero-order valence-electron chi connectivity index (χ0n) is 17.6. The monoisotopic (exact) mass is 436 g/mol. The first kappa shape index (κ1) is 21.8. The van der Waals surface area contributed by atoms with Gasteiger partial charge in [0.15, 0.2) is 5.69 Å². The number of esters is 1. The van der Waals surface area contributed by atoms with E-state index in [-0.39, 0.29) is 18.9 Å². The molecule has 166 valence electrons. The Morgan fingerprint density at radius 2 is 1.94 bits per heavy atom. The Bertz CT molecular complexity index is 1220. The first-order valence-corrected chi connectivity index (χ1v) is 10.2. The van der Waals surface area contributed by atoms with Crippen molar-refractivity contribution in [2.75, 3.05) is 20.3 Å². The number of carbonyl (C=O) groups excluding carboxylic acids is 1. The molecule has 0 amide bonds. The second kappa shape index (κ2) is 9.78. The van der Waals surface area contributed by atoms with E-state index in [0.29, 0.717) is 17.9 Å². The lowest BCUT2D eigenvalue weighted by atomic mass is 10.1. The highest BCUT2D eigenvalue weighted by Crippen LogP contribution is 2.33. The van der Waals surface area contributed by atoms with E-state index in [1.165, 1.54) is 7.11 Å². The second-order valence-electron chi connectivity index (χ2n) is 7.35. The van der Waals surface area contributed by atoms with Gasteiger partial charge in [0.05, 0.1) is 24.9 Å². The minimum atomic E-state index is -1.15. The predicted molar refractivity (Wildman–Crippen MR) is 118 cm³/mol. The van der Waals surface area contributed by atoms with E-state index >= 15 is 0 Å². The molecule has 2 aromatic carbocycles. The number of aliphatic hydroxyl groups is 2. The van der Waals surface area contributed by atoms with E-state index in [9.17, 15) is 9.90 Å². The van der Waals surface area contributed by atoms with Crippen molar-refractivity contribution in [3.8, 4) is 5.75 Å². The first-order valence-electron chi connectivity index (χ1n) is 10.2. The lowest BCUT2D eigenvalue weighted by molar-refractivity contribution is 0.00865. The number of aliphatic hydroxyl groups excluding tert-OH is 2. The van der Waals surface area contributed by atoms with Crippen molar-refractivity contribution in [3.05, 3.63) is 71.5 Å². The van der Waals surface area contributed by atoms with Gasteiger partial charge in [-0.1, -0.05) is 30.3 Å². The molecule has 8 heteroatoms. The summed E-state index contributed by atoms with van der Waals surface area (Å²) < 4.78 is 16.4. The van der Waals surface area contributed by atoms with Crippen molar-refractivity contribution < 1.29 is 29.2 Å². The third kappa shape index (κ3) is 4.57. The summed E-state index contributed by atoms with van der Waals surface area (Å²) in [6, 6.07) is 15.6. The third-order valence-electron chi connectivity index (χ3n) is 5.06. The average Bonchev–Trinajstić information content (AvgIpc) is 3.20. The number of methoxy groups -OCH3 is 1. The van der Waals surface area contributed by atoms with Crippen molar-refractivity contribution in [3.63, 3.8) is 0 Å². The number of rotatable bonds is 9. The van der Waals surface area contributed by atoms with Crippen LogP contribution in [0.2, 0.25) is 0 Å². The van der Waals surface area contributed by atoms with Gasteiger partial charge in [0.2, 0.25) is 0 Å². The maximum Gasteiger partial charge on any atom is 0.357 e. The third-order valence-corrected chi connectivity index (χ3v) is 5.06. The Morgan fingerprint density at radius 3 is 2.69 bits per heavy atom. The van der Waals surface area contributed by atoms with Crippen molar-refractivity contribution in [2.24, 2.45) is 0 Å². The Labute approximate surface area is 184 Å². The molecule has 2 heterocycles. The normalized spacial score (nSPS) is 12.2. The van der Waals surface area contributed by atoms with Crippen molar-refractivity contribution in [2.45, 2.75) is 19.3 Å². The van der Waals surface area contributed by atoms with Crippen molar-refractivity contribution >= 4 is 27.8 Å². The molecule has 1 unspecified atom stereocenters. The molecule has 4 rings (SSSR count). The molecule has 8 nitrogen and oxygen atoms in total. The summed E-state index contributed by atoms with van der Waals surface area (Å²) in [5.41, 5.74) is 3.35. The van der Waals surface area contributed by atoms with Crippen LogP contribution in [0.1, 0.15) is 21.6 Å². The van der Waals surface area contributed by atoms with E-state index in [4.69, 9.17) is 19.3 Å². The number of H-pyrrole nitrogens is 1. The number of hydrogen-bond acceptors (Lipinski definition) is 7. The van der Waals surface area contributed by atoms with Crippen LogP contribution in [0.25, 0.3) is 21.8 Å². The molecule has 0 aliphatic carbocycles. The summed E-state index contributed by atoms with van der Waals surface area (Å²) in [7, 11) is 1.53. The fourth-order valence-corrected chi connectivity index (χ4v) is 3.52. The number of hydrogen-bond donors (Lipinski definition) is 3. The highest BCUT2D eigenvalue weighted by Gasteiger charge is 2.21. The summed E-state index contributed by atoms with van der Waals surface area (Å²) in [4.78, 5) is 20.2. The fourth-order valence-electron chi connectivity index (χ4n) is 3.52. The Kier molecular flexibility index (Phi) is 6.65. The van der Waals surface area contributed by atoms with Gasteiger partial charge in [-0.3, -0.25) is 0 Å². The molecule has 2 aromatic heterocycles. The number of nitrogens with one attached hydrogen (secondary N) is 1. The van der Waals surface area contributed by atoms with Crippen LogP contribution in [-0.4, -0.2) is 52.6 Å². The largest absolute Gasteiger partial charge is 0.489 e. The number of carbonyl (C=O) groups is 1. The van der Waals surface area contributed by atoms with Crippen LogP contribution in [0.4, 0.5) is 0 Å². The molecule has 0 bridgehead atoms. The standard InChI is InChI=1S/C24H24N2O6/c1-30-14-19-22-18-9-17(31-12-15-5-3-2-4-6-15)7-8-20(18)26-21(22)10-25-23(19)24(29)32-13-16(28)11-27/h2-10,16,26-28H,11-14H2,1H3. The number of pyridine rings is 1. The van der Waals surface area contributed by atoms with Gasteiger partial charge in [-0.15, -0.1) is 0 Å². The van der Waals surface area contributed by atoms with Gasteiger partial charge in [-0.2, -0.15) is 0 Å². The van der Waals surface area contributed by atoms with Gasteiger partial charge < -0.3 is 29.4 Å². The molecule has 0 fully saturated rings. The Balaban J connectivity index is 1.71. The van der Waals surface area contributed by atoms with E-state index in [2.05, 4.69) is 9.97 Å². The molecule has 1 atom stereocenters. The lowest BCUT2D eigenvalue weighted by Crippen LogP contribution is -2.23. The number of aromatic amines is 1. The van der Waals surface area contributed by atoms with Crippen LogP contribution in [0.3, 0.4) is 0 Å². The minimum Gasteiger partial charge on any atom is -0.489 e. The van der Waals surface area contributed by atoms with Gasteiger partial charge in [0.25, 0.3) is 0 Å². The first-order chi connectivity index (χ1) is 15.6. The lowest BCUT2D eigenvalue weighted by Gasteiger charge is -2.12. The topological polar surface area (TPSA) is 114 Å². The van der Waals surface area contributed by atoms with Gasteiger partial charge in [-0.05, 0) is 23.8 Å². The van der Waals surface area contributed by atoms with Crippen molar-refractivity contribution in [1.29, 1.82) is 0 Å². The highest BCUT2D eigenvalue weighted by atomic mass is 16.5. The van der Waals surface area contributed by atoms with Crippen LogP contribution >= 0.6 is 0 Å². The van der Waals surface area contributed by atoms with Crippen LogP contribution in [-0.2, 0) is 22.7 Å². The predicted octanol–water partition coefficient (Wildman–Crippen LogP) is 2.95. The molecule has 0 spiro atoms. The SMILES string of the molecule is COCc1c(C(=O)OCC(O)CO)ncc2[nH]c3ccc(OCc4ccccc4)cc3c12. The zero-order chi connectivity index (χ0) is 22.5. The van der Waals surface area contributed by atoms with Crippen LogP contribution in [0.15, 0.2) is 54.7 Å². The Hall–Kier alpha value is -3.46. The van der Waals surface area contributed by atoms with Crippen molar-refractivity contribution in [1.82, 2.24) is 9.97 Å². The maximum absolute atomic E-state index is 12.6. The van der Waals surface area contributed by atoms with Gasteiger partial charge in [0.1, 0.15) is 25.1 Å². The molecule has 3 N–H and O–H groups in total. The van der Waals surface area contributed by atoms with E-state index in [0.717, 1.165) is 27.4 Å². The molecular formula is C24H24N2O6. The van der Waals surface area contributed by atoms with E-state index in [1.807, 2.05) is 48.5 Å². The maximum atomic E-state index is 12.6. The van der Waals surface area contributed by atoms with Crippen LogP contribution in [0, 0.1) is 0 Å². The number of nitrogens with zero attached hydrogens (tertiary/aromatic N) is 1. The molecule has 0 radical (unpaired) electrons. The molecule has 4 aromatic rings. The second-order valence-corrected chi connectivity index (χ2v) is 7.35. The van der Waals surface area contributed by atoms with Gasteiger partial charge in [-0.25, -0.2) is 9.78 Å². The minimum absolute atomic E-state index is 0.0981. The van der Waals surface area contributed by atoms with E-state index in [1.54, 1.807) is 6.20 Å². The highest BCUT2D eigenvalue weighted by molar-refractivity contribution is 6.11. The average molecular weight is 436 g/mol. The van der Waals surface area contributed by atoms with Gasteiger partial charge >= 0.3 is 5.97 Å². The zero-order valence-corrected chi connectivity index (χ0v) is 17.6. The quantitative estimate of drug-likeness (QED) is 0.346. The van der Waals surface area contributed by atoms with Crippen LogP contribution in [0.5, 0.6) is 5.75 Å². The summed E-state index contributed by atoms with van der Waals surface area (Å²) >= 11 is 0. The number of benzene rings is 2. The summed E-state index contributed by atoms with van der Waals surface area (Å²) in [5.74, 6) is -0.00471. The molecule has 0 aliphatic heterocycles. The van der Waals surface area contributed by atoms with Crippen LogP contribution < -0.4 is 4.74 Å². The molecule has 0 aliphatic rings. The Morgan fingerprint density at radius 1 is 1.12 bits per heavy atom. The molecule has 0 saturated heterocycles. The number of ether oxygens (including phenoxy) is 3. The molecule has 32 heavy (non-hydrogen) atoms. The molecular weight excluding hydrogens is 412 g/mol. The number of aromatic nitrogens is 2.